The first-order chi connectivity index (χ1) is 14.1. The molecule has 1 aliphatic carbocycles. The Balaban J connectivity index is 1.51. The van der Waals surface area contributed by atoms with Crippen LogP contribution in [0.4, 0.5) is 5.69 Å². The van der Waals surface area contributed by atoms with Crippen molar-refractivity contribution in [2.24, 2.45) is 0 Å². The van der Waals surface area contributed by atoms with Crippen LogP contribution in [0.5, 0.6) is 11.5 Å². The van der Waals surface area contributed by atoms with Crippen LogP contribution in [0.2, 0.25) is 0 Å². The second kappa shape index (κ2) is 6.97. The predicted molar refractivity (Wildman–Crippen MR) is 112 cm³/mol. The molecule has 29 heavy (non-hydrogen) atoms. The van der Waals surface area contributed by atoms with Crippen LogP contribution < -0.4 is 15.2 Å². The smallest absolute Gasteiger partial charge is 0.227 e. The highest BCUT2D eigenvalue weighted by molar-refractivity contribution is 5.80. The van der Waals surface area contributed by atoms with Gasteiger partial charge in [0.15, 0.2) is 11.5 Å². The summed E-state index contributed by atoms with van der Waals surface area (Å²) in [6.07, 6.45) is 5.07. The predicted octanol–water partition coefficient (Wildman–Crippen LogP) is 4.00. The number of fused-ring (bicyclic) bond motifs is 3. The first kappa shape index (κ1) is 18.3. The van der Waals surface area contributed by atoms with Gasteiger partial charge in [-0.05, 0) is 60.7 Å². The quantitative estimate of drug-likeness (QED) is 0.785. The van der Waals surface area contributed by atoms with Gasteiger partial charge in [0.2, 0.25) is 5.91 Å². The van der Waals surface area contributed by atoms with Crippen LogP contribution in [0.1, 0.15) is 55.3 Å². The van der Waals surface area contributed by atoms with Crippen molar-refractivity contribution in [2.45, 2.75) is 50.5 Å². The number of carbonyl (C=O) groups is 1. The Hall–Kier alpha value is -2.69. The molecule has 5 rings (SSSR count). The molecule has 1 amide bonds. The fourth-order valence-corrected chi connectivity index (χ4v) is 5.32. The average Bonchev–Trinajstić information content (AvgIpc) is 3.21. The van der Waals surface area contributed by atoms with E-state index in [4.69, 9.17) is 15.2 Å². The van der Waals surface area contributed by atoms with E-state index in [1.54, 1.807) is 0 Å². The molecule has 0 bridgehead atoms. The number of nitrogens with zero attached hydrogens (tertiary/aromatic N) is 1. The zero-order chi connectivity index (χ0) is 20.0. The molecule has 2 aromatic carbocycles. The summed E-state index contributed by atoms with van der Waals surface area (Å²) in [5, 5.41) is 0. The van der Waals surface area contributed by atoms with E-state index in [1.807, 2.05) is 24.3 Å². The normalized spacial score (nSPS) is 21.8. The highest BCUT2D eigenvalue weighted by Crippen LogP contribution is 2.52. The van der Waals surface area contributed by atoms with Gasteiger partial charge in [0.25, 0.3) is 0 Å². The fraction of sp³-hybridized carbons (Fsp3) is 0.458. The Bertz CT molecular complexity index is 932. The van der Waals surface area contributed by atoms with Crippen molar-refractivity contribution in [3.05, 3.63) is 53.1 Å². The molecule has 152 valence electrons. The van der Waals surface area contributed by atoms with Crippen LogP contribution >= 0.6 is 0 Å². The van der Waals surface area contributed by atoms with Crippen LogP contribution in [0.3, 0.4) is 0 Å². The van der Waals surface area contributed by atoms with Gasteiger partial charge in [-0.1, -0.05) is 25.0 Å². The Morgan fingerprint density at radius 1 is 1.10 bits per heavy atom. The Labute approximate surface area is 171 Å². The summed E-state index contributed by atoms with van der Waals surface area (Å²) in [7, 11) is 0. The standard InChI is InChI=1S/C24H28N2O3/c1-16-19-13-21-22(29-11-10-28-21)14-20(19)24(8-2-3-9-24)15-26(16)23(27)12-17-4-6-18(25)7-5-17/h4-7,13-14,16H,2-3,8-12,15,25H2,1H3. The van der Waals surface area contributed by atoms with E-state index >= 15 is 0 Å². The highest BCUT2D eigenvalue weighted by Gasteiger charge is 2.46. The van der Waals surface area contributed by atoms with Crippen LogP contribution in [0, 0.1) is 0 Å². The number of carbonyl (C=O) groups excluding carboxylic acids is 1. The fourth-order valence-electron chi connectivity index (χ4n) is 5.32. The van der Waals surface area contributed by atoms with Gasteiger partial charge in [0.05, 0.1) is 12.5 Å². The van der Waals surface area contributed by atoms with Crippen LogP contribution in [-0.2, 0) is 16.6 Å². The topological polar surface area (TPSA) is 64.8 Å². The molecule has 0 saturated heterocycles. The van der Waals surface area contributed by atoms with Gasteiger partial charge >= 0.3 is 0 Å². The number of hydrogen-bond donors (Lipinski definition) is 1. The molecular weight excluding hydrogens is 364 g/mol. The minimum absolute atomic E-state index is 0.0216. The summed E-state index contributed by atoms with van der Waals surface area (Å²) in [5.41, 5.74) is 10.1. The molecule has 1 unspecified atom stereocenters. The minimum Gasteiger partial charge on any atom is -0.486 e. The van der Waals surface area contributed by atoms with Gasteiger partial charge in [0, 0.05) is 17.6 Å². The maximum atomic E-state index is 13.3. The number of benzene rings is 2. The number of hydrogen-bond acceptors (Lipinski definition) is 4. The van der Waals surface area contributed by atoms with Gasteiger partial charge in [0.1, 0.15) is 13.2 Å². The molecule has 2 N–H and O–H groups in total. The van der Waals surface area contributed by atoms with Crippen molar-refractivity contribution < 1.29 is 14.3 Å². The summed E-state index contributed by atoms with van der Waals surface area (Å²) >= 11 is 0. The van der Waals surface area contributed by atoms with Gasteiger partial charge in [-0.2, -0.15) is 0 Å². The lowest BCUT2D eigenvalue weighted by Crippen LogP contribution is -2.49. The van der Waals surface area contributed by atoms with Crippen molar-refractivity contribution in [3.63, 3.8) is 0 Å². The van der Waals surface area contributed by atoms with E-state index in [2.05, 4.69) is 24.0 Å². The van der Waals surface area contributed by atoms with Crippen LogP contribution in [0.15, 0.2) is 36.4 Å². The first-order valence-corrected chi connectivity index (χ1v) is 10.6. The van der Waals surface area contributed by atoms with Crippen molar-refractivity contribution in [1.29, 1.82) is 0 Å². The number of nitrogens with two attached hydrogens (primary N) is 1. The molecule has 0 aromatic heterocycles. The van der Waals surface area contributed by atoms with E-state index in [1.165, 1.54) is 24.0 Å². The molecule has 2 heterocycles. The summed E-state index contributed by atoms with van der Waals surface area (Å²) in [4.78, 5) is 15.4. The van der Waals surface area contributed by atoms with E-state index in [9.17, 15) is 4.79 Å². The molecule has 3 aliphatic rings. The average molecular weight is 392 g/mol. The van der Waals surface area contributed by atoms with Gasteiger partial charge in [-0.15, -0.1) is 0 Å². The molecule has 0 radical (unpaired) electrons. The molecule has 5 heteroatoms. The molecule has 5 nitrogen and oxygen atoms in total. The third kappa shape index (κ3) is 3.13. The number of nitrogen functional groups attached to an aromatic ring is 1. The van der Waals surface area contributed by atoms with Crippen molar-refractivity contribution in [1.82, 2.24) is 4.90 Å². The molecule has 1 atom stereocenters. The van der Waals surface area contributed by atoms with E-state index in [0.717, 1.165) is 42.1 Å². The summed E-state index contributed by atoms with van der Waals surface area (Å²) in [6.45, 7) is 4.10. The highest BCUT2D eigenvalue weighted by atomic mass is 16.6. The molecule has 1 fully saturated rings. The lowest BCUT2D eigenvalue weighted by molar-refractivity contribution is -0.134. The first-order valence-electron chi connectivity index (χ1n) is 10.6. The Kier molecular flexibility index (Phi) is 4.41. The number of anilines is 1. The summed E-state index contributed by atoms with van der Waals surface area (Å²) in [5.74, 6) is 1.84. The third-order valence-electron chi connectivity index (χ3n) is 6.89. The molecule has 2 aromatic rings. The van der Waals surface area contributed by atoms with Crippen molar-refractivity contribution in [2.75, 3.05) is 25.5 Å². The summed E-state index contributed by atoms with van der Waals surface area (Å²) < 4.78 is 11.7. The molecular formula is C24H28N2O3. The van der Waals surface area contributed by atoms with Gasteiger partial charge in [-0.25, -0.2) is 0 Å². The van der Waals surface area contributed by atoms with E-state index < -0.39 is 0 Å². The Morgan fingerprint density at radius 2 is 1.76 bits per heavy atom. The van der Waals surface area contributed by atoms with Crippen LogP contribution in [0.25, 0.3) is 0 Å². The maximum absolute atomic E-state index is 13.3. The van der Waals surface area contributed by atoms with E-state index in [-0.39, 0.29) is 17.4 Å². The molecule has 1 saturated carbocycles. The van der Waals surface area contributed by atoms with Crippen molar-refractivity contribution >= 4 is 11.6 Å². The molecule has 1 spiro atoms. The maximum Gasteiger partial charge on any atom is 0.227 e. The monoisotopic (exact) mass is 392 g/mol. The third-order valence-corrected chi connectivity index (χ3v) is 6.89. The second-order valence-electron chi connectivity index (χ2n) is 8.69. The lowest BCUT2D eigenvalue weighted by atomic mass is 9.71. The zero-order valence-corrected chi connectivity index (χ0v) is 16.9. The largest absolute Gasteiger partial charge is 0.486 e. The number of ether oxygens (including phenoxy) is 2. The SMILES string of the molecule is CC1c2cc3c(cc2C2(CCCC2)CN1C(=O)Cc1ccc(N)cc1)OCCO3. The van der Waals surface area contributed by atoms with Gasteiger partial charge < -0.3 is 20.1 Å². The number of rotatable bonds is 2. The van der Waals surface area contributed by atoms with E-state index in [0.29, 0.717) is 19.6 Å². The molecule has 2 aliphatic heterocycles. The van der Waals surface area contributed by atoms with Crippen molar-refractivity contribution in [3.8, 4) is 11.5 Å². The zero-order valence-electron chi connectivity index (χ0n) is 16.9. The Morgan fingerprint density at radius 3 is 2.45 bits per heavy atom. The lowest BCUT2D eigenvalue weighted by Gasteiger charge is -2.46. The van der Waals surface area contributed by atoms with Crippen LogP contribution in [-0.4, -0.2) is 30.6 Å². The minimum atomic E-state index is 0.0216. The summed E-state index contributed by atoms with van der Waals surface area (Å²) in [6, 6.07) is 12.0. The second-order valence-corrected chi connectivity index (χ2v) is 8.69. The van der Waals surface area contributed by atoms with Gasteiger partial charge in [-0.3, -0.25) is 4.79 Å². The number of amides is 1.